The van der Waals surface area contributed by atoms with E-state index in [9.17, 15) is 18.0 Å². The summed E-state index contributed by atoms with van der Waals surface area (Å²) in [6, 6.07) is 9.08. The van der Waals surface area contributed by atoms with Crippen LogP contribution < -0.4 is 4.74 Å². The van der Waals surface area contributed by atoms with Crippen molar-refractivity contribution in [2.24, 2.45) is 0 Å². The number of likely N-dealkylation sites (tertiary alicyclic amines) is 1. The van der Waals surface area contributed by atoms with Gasteiger partial charge in [0.2, 0.25) is 0 Å². The molecule has 4 rings (SSSR count). The van der Waals surface area contributed by atoms with E-state index in [1.807, 2.05) is 29.0 Å². The Bertz CT molecular complexity index is 839. The highest BCUT2D eigenvalue weighted by atomic mass is 35.5. The number of alkyl halides is 3. The lowest BCUT2D eigenvalue weighted by molar-refractivity contribution is -0.188. The molecule has 0 unspecified atom stereocenters. The number of ether oxygens (including phenoxy) is 1. The molecule has 1 fully saturated rings. The largest absolute Gasteiger partial charge is 0.479 e. The van der Waals surface area contributed by atoms with Crippen molar-refractivity contribution in [1.29, 1.82) is 0 Å². The van der Waals surface area contributed by atoms with E-state index in [-0.39, 0.29) is 25.9 Å². The molecule has 0 saturated carbocycles. The monoisotopic (exact) mass is 370 g/mol. The molecule has 25 heavy (non-hydrogen) atoms. The molecule has 4 nitrogen and oxygen atoms in total. The van der Waals surface area contributed by atoms with Crippen LogP contribution in [-0.4, -0.2) is 34.6 Å². The fourth-order valence-corrected chi connectivity index (χ4v) is 3.76. The molecule has 0 atom stereocenters. The minimum atomic E-state index is -4.85. The average molecular weight is 371 g/mol. The summed E-state index contributed by atoms with van der Waals surface area (Å²) in [6.07, 6.45) is -2.40. The van der Waals surface area contributed by atoms with Crippen LogP contribution in [0.2, 0.25) is 5.02 Å². The molecule has 0 radical (unpaired) electrons. The topological polar surface area (TPSA) is 34.5 Å². The zero-order valence-electron chi connectivity index (χ0n) is 13.0. The second kappa shape index (κ2) is 5.42. The van der Waals surface area contributed by atoms with Crippen LogP contribution in [0.15, 0.2) is 36.5 Å². The van der Waals surface area contributed by atoms with E-state index in [1.165, 1.54) is 0 Å². The number of carbonyl (C=O) groups is 1. The minimum absolute atomic E-state index is 0.0145. The van der Waals surface area contributed by atoms with Gasteiger partial charge in [-0.1, -0.05) is 11.6 Å². The van der Waals surface area contributed by atoms with Crippen LogP contribution in [0.25, 0.3) is 5.69 Å². The summed E-state index contributed by atoms with van der Waals surface area (Å²) in [4.78, 5) is 12.3. The van der Waals surface area contributed by atoms with Crippen molar-refractivity contribution in [1.82, 2.24) is 9.47 Å². The summed E-state index contributed by atoms with van der Waals surface area (Å²) in [7, 11) is 0. The third kappa shape index (κ3) is 2.57. The van der Waals surface area contributed by atoms with Gasteiger partial charge in [0.05, 0.1) is 11.4 Å². The van der Waals surface area contributed by atoms with Gasteiger partial charge in [-0.2, -0.15) is 13.2 Å². The van der Waals surface area contributed by atoms with Crippen molar-refractivity contribution >= 4 is 17.5 Å². The fraction of sp³-hybridized carbons (Fsp3) is 0.353. The Morgan fingerprint density at radius 2 is 1.92 bits per heavy atom. The van der Waals surface area contributed by atoms with Gasteiger partial charge in [0.1, 0.15) is 5.75 Å². The number of fused-ring (bicyclic) bond motifs is 4. The van der Waals surface area contributed by atoms with Crippen LogP contribution in [0, 0.1) is 0 Å². The lowest BCUT2D eigenvalue weighted by atomic mass is 9.86. The van der Waals surface area contributed by atoms with Crippen molar-refractivity contribution in [3.63, 3.8) is 0 Å². The molecule has 0 bridgehead atoms. The first kappa shape index (κ1) is 16.3. The van der Waals surface area contributed by atoms with Gasteiger partial charge in [0.15, 0.2) is 5.60 Å². The zero-order chi connectivity index (χ0) is 17.8. The van der Waals surface area contributed by atoms with Gasteiger partial charge in [-0.05, 0) is 24.3 Å². The Hall–Kier alpha value is -2.15. The number of amides is 1. The number of benzene rings is 1. The van der Waals surface area contributed by atoms with E-state index < -0.39 is 17.7 Å². The lowest BCUT2D eigenvalue weighted by Gasteiger charge is -2.45. The first-order valence-electron chi connectivity index (χ1n) is 7.83. The first-order chi connectivity index (χ1) is 11.8. The zero-order valence-corrected chi connectivity index (χ0v) is 13.8. The van der Waals surface area contributed by atoms with Crippen LogP contribution >= 0.6 is 11.6 Å². The fourth-order valence-electron chi connectivity index (χ4n) is 3.60. The number of carbonyl (C=O) groups excluding carboxylic acids is 1. The number of rotatable bonds is 0. The Balaban J connectivity index is 1.66. The van der Waals surface area contributed by atoms with Gasteiger partial charge >= 0.3 is 12.1 Å². The third-order valence-electron chi connectivity index (χ3n) is 4.80. The van der Waals surface area contributed by atoms with Crippen LogP contribution in [0.1, 0.15) is 18.5 Å². The van der Waals surface area contributed by atoms with Crippen molar-refractivity contribution in [3.05, 3.63) is 47.2 Å². The maximum atomic E-state index is 12.7. The molecule has 0 aliphatic carbocycles. The number of aromatic nitrogens is 1. The van der Waals surface area contributed by atoms with Gasteiger partial charge in [-0.15, -0.1) is 0 Å². The Morgan fingerprint density at radius 1 is 1.20 bits per heavy atom. The molecule has 132 valence electrons. The molecule has 2 aromatic rings. The Labute approximate surface area is 146 Å². The number of hydrogen-bond acceptors (Lipinski definition) is 2. The summed E-state index contributed by atoms with van der Waals surface area (Å²) >= 11 is 6.05. The highest BCUT2D eigenvalue weighted by Gasteiger charge is 2.49. The number of piperidine rings is 1. The molecule has 1 saturated heterocycles. The highest BCUT2D eigenvalue weighted by molar-refractivity contribution is 6.30. The van der Waals surface area contributed by atoms with E-state index in [4.69, 9.17) is 16.3 Å². The van der Waals surface area contributed by atoms with Crippen LogP contribution in [0.5, 0.6) is 5.75 Å². The molecule has 3 heterocycles. The lowest BCUT2D eigenvalue weighted by Crippen LogP contribution is -2.52. The van der Waals surface area contributed by atoms with E-state index in [1.54, 1.807) is 12.1 Å². The molecule has 2 aliphatic rings. The van der Waals surface area contributed by atoms with Gasteiger partial charge in [0, 0.05) is 43.2 Å². The standard InChI is InChI=1S/C17H14ClF3N2O2/c18-11-3-4-12-13(10-11)25-16(14-2-1-7-23(12)14)5-8-22(9-6-16)15(24)17(19,20)21/h1-4,7,10H,5-6,8-9H2. The Morgan fingerprint density at radius 3 is 2.60 bits per heavy atom. The van der Waals surface area contributed by atoms with E-state index in [0.717, 1.165) is 16.3 Å². The van der Waals surface area contributed by atoms with Gasteiger partial charge < -0.3 is 14.2 Å². The molecule has 1 aromatic carbocycles. The quantitative estimate of drug-likeness (QED) is 0.705. The highest BCUT2D eigenvalue weighted by Crippen LogP contribution is 2.46. The van der Waals surface area contributed by atoms with E-state index >= 15 is 0 Å². The second-order valence-corrected chi connectivity index (χ2v) is 6.70. The maximum absolute atomic E-state index is 12.7. The Kier molecular flexibility index (Phi) is 3.54. The van der Waals surface area contributed by atoms with E-state index in [0.29, 0.717) is 10.8 Å². The molecule has 8 heteroatoms. The maximum Gasteiger partial charge on any atom is 0.471 e. The van der Waals surface area contributed by atoms with Crippen molar-refractivity contribution in [3.8, 4) is 11.4 Å². The molecule has 1 aromatic heterocycles. The molecule has 1 spiro atoms. The molecule has 2 aliphatic heterocycles. The first-order valence-corrected chi connectivity index (χ1v) is 8.21. The predicted octanol–water partition coefficient (Wildman–Crippen LogP) is 3.90. The van der Waals surface area contributed by atoms with Crippen molar-refractivity contribution in [2.75, 3.05) is 13.1 Å². The molecule has 0 N–H and O–H groups in total. The predicted molar refractivity (Wildman–Crippen MR) is 85.0 cm³/mol. The van der Waals surface area contributed by atoms with Gasteiger partial charge in [-0.3, -0.25) is 4.79 Å². The van der Waals surface area contributed by atoms with Crippen LogP contribution in [0.3, 0.4) is 0 Å². The summed E-state index contributed by atoms with van der Waals surface area (Å²) in [5, 5.41) is 0.522. The van der Waals surface area contributed by atoms with Crippen LogP contribution in [-0.2, 0) is 10.4 Å². The van der Waals surface area contributed by atoms with E-state index in [2.05, 4.69) is 0 Å². The minimum Gasteiger partial charge on any atom is -0.479 e. The number of halogens is 4. The van der Waals surface area contributed by atoms with Crippen LogP contribution in [0.4, 0.5) is 13.2 Å². The SMILES string of the molecule is O=C(N1CCC2(CC1)Oc1cc(Cl)ccc1-n1cccc12)C(F)(F)F. The second-order valence-electron chi connectivity index (χ2n) is 6.26. The number of nitrogens with zero attached hydrogens (tertiary/aromatic N) is 2. The third-order valence-corrected chi connectivity index (χ3v) is 5.04. The number of hydrogen-bond donors (Lipinski definition) is 0. The smallest absolute Gasteiger partial charge is 0.471 e. The summed E-state index contributed by atoms with van der Waals surface area (Å²) in [5.41, 5.74) is 0.953. The normalized spacial score (nSPS) is 18.5. The van der Waals surface area contributed by atoms with Crippen molar-refractivity contribution in [2.45, 2.75) is 24.6 Å². The summed E-state index contributed by atoms with van der Waals surface area (Å²) in [5.74, 6) is -1.20. The molecular weight excluding hydrogens is 357 g/mol. The summed E-state index contributed by atoms with van der Waals surface area (Å²) in [6.45, 7) is -0.0289. The average Bonchev–Trinajstić information content (AvgIpc) is 3.05. The van der Waals surface area contributed by atoms with Crippen molar-refractivity contribution < 1.29 is 22.7 Å². The van der Waals surface area contributed by atoms with Gasteiger partial charge in [-0.25, -0.2) is 0 Å². The molecular formula is C17H14ClF3N2O2. The molecule has 1 amide bonds. The van der Waals surface area contributed by atoms with Gasteiger partial charge in [0.25, 0.3) is 0 Å². The summed E-state index contributed by atoms with van der Waals surface area (Å²) < 4.78 is 46.2.